The monoisotopic (exact) mass is 235 g/mol. The van der Waals surface area contributed by atoms with Gasteiger partial charge < -0.3 is 4.74 Å². The molecule has 1 aromatic rings. The van der Waals surface area contributed by atoms with Crippen LogP contribution in [0.4, 0.5) is 0 Å². The van der Waals surface area contributed by atoms with Gasteiger partial charge in [0.1, 0.15) is 11.9 Å². The predicted molar refractivity (Wildman–Crippen MR) is 61.2 cm³/mol. The van der Waals surface area contributed by atoms with E-state index in [1.165, 1.54) is 0 Å². The Labute approximate surface area is 100 Å². The lowest BCUT2D eigenvalue weighted by Gasteiger charge is -2.08. The van der Waals surface area contributed by atoms with Gasteiger partial charge in [-0.3, -0.25) is 4.89 Å². The Kier molecular flexibility index (Phi) is 3.98. The smallest absolute Gasteiger partial charge is 0.373 e. The van der Waals surface area contributed by atoms with Crippen LogP contribution in [0.15, 0.2) is 24.3 Å². The second-order valence-electron chi connectivity index (χ2n) is 3.93. The first kappa shape index (κ1) is 11.9. The van der Waals surface area contributed by atoms with Gasteiger partial charge in [0, 0.05) is 0 Å². The van der Waals surface area contributed by atoms with Crippen LogP contribution in [0.5, 0.6) is 5.75 Å². The van der Waals surface area contributed by atoms with Gasteiger partial charge in [-0.1, -0.05) is 12.8 Å². The normalized spacial score (nSPS) is 15.8. The molecule has 0 N–H and O–H groups in total. The van der Waals surface area contributed by atoms with E-state index in [1.54, 1.807) is 31.4 Å². The van der Waals surface area contributed by atoms with Gasteiger partial charge >= 0.3 is 5.97 Å². The molecule has 1 saturated carbocycles. The third kappa shape index (κ3) is 3.20. The van der Waals surface area contributed by atoms with Crippen LogP contribution in [0, 0.1) is 6.10 Å². The van der Waals surface area contributed by atoms with Crippen LogP contribution in [-0.2, 0) is 9.78 Å². The van der Waals surface area contributed by atoms with E-state index in [1.807, 2.05) is 0 Å². The Balaban J connectivity index is 1.85. The highest BCUT2D eigenvalue weighted by Crippen LogP contribution is 2.28. The van der Waals surface area contributed by atoms with E-state index in [0.29, 0.717) is 11.3 Å². The van der Waals surface area contributed by atoms with Crippen molar-refractivity contribution in [3.8, 4) is 5.75 Å². The van der Waals surface area contributed by atoms with Gasteiger partial charge in [0.05, 0.1) is 12.7 Å². The molecule has 0 saturated heterocycles. The lowest BCUT2D eigenvalue weighted by molar-refractivity contribution is -0.234. The molecular weight excluding hydrogens is 220 g/mol. The van der Waals surface area contributed by atoms with Crippen molar-refractivity contribution in [2.24, 2.45) is 0 Å². The maximum Gasteiger partial charge on any atom is 0.373 e. The van der Waals surface area contributed by atoms with Crippen molar-refractivity contribution in [1.82, 2.24) is 0 Å². The Hall–Kier alpha value is -1.55. The molecule has 0 aromatic heterocycles. The van der Waals surface area contributed by atoms with Crippen molar-refractivity contribution >= 4 is 5.97 Å². The molecule has 1 aliphatic carbocycles. The van der Waals surface area contributed by atoms with Gasteiger partial charge in [-0.05, 0) is 37.1 Å². The predicted octanol–water partition coefficient (Wildman–Crippen LogP) is 2.89. The van der Waals surface area contributed by atoms with Gasteiger partial charge in [0.2, 0.25) is 0 Å². The summed E-state index contributed by atoms with van der Waals surface area (Å²) in [7, 11) is 1.58. The average molecular weight is 235 g/mol. The molecule has 0 spiro atoms. The minimum absolute atomic E-state index is 0.449. The molecule has 0 atom stereocenters. The number of hydrogen-bond donors (Lipinski definition) is 0. The number of carbonyl (C=O) groups is 1. The van der Waals surface area contributed by atoms with Crippen LogP contribution >= 0.6 is 0 Å². The van der Waals surface area contributed by atoms with E-state index in [4.69, 9.17) is 14.5 Å². The van der Waals surface area contributed by atoms with Crippen molar-refractivity contribution in [1.29, 1.82) is 0 Å². The summed E-state index contributed by atoms with van der Waals surface area (Å²) in [4.78, 5) is 21.4. The maximum absolute atomic E-state index is 11.6. The quantitative estimate of drug-likeness (QED) is 0.594. The number of hydrogen-bond acceptors (Lipinski definition) is 4. The summed E-state index contributed by atoms with van der Waals surface area (Å²) in [5, 5.41) is 0. The van der Waals surface area contributed by atoms with Gasteiger partial charge in [-0.25, -0.2) is 4.79 Å². The van der Waals surface area contributed by atoms with Crippen LogP contribution in [0.1, 0.15) is 36.0 Å². The summed E-state index contributed by atoms with van der Waals surface area (Å²) in [5.74, 6) is 0.222. The molecule has 1 fully saturated rings. The van der Waals surface area contributed by atoms with Crippen molar-refractivity contribution in [3.63, 3.8) is 0 Å². The Morgan fingerprint density at radius 3 is 2.35 bits per heavy atom. The minimum atomic E-state index is -0.480. The van der Waals surface area contributed by atoms with Gasteiger partial charge in [0.15, 0.2) is 0 Å². The van der Waals surface area contributed by atoms with Crippen LogP contribution in [0.3, 0.4) is 0 Å². The molecule has 0 amide bonds. The summed E-state index contributed by atoms with van der Waals surface area (Å²) < 4.78 is 5.00. The van der Waals surface area contributed by atoms with E-state index in [-0.39, 0.29) is 0 Å². The lowest BCUT2D eigenvalue weighted by Crippen LogP contribution is -2.08. The zero-order valence-electron chi connectivity index (χ0n) is 9.77. The topological polar surface area (TPSA) is 44.8 Å². The average Bonchev–Trinajstić information content (AvgIpc) is 2.89. The van der Waals surface area contributed by atoms with Crippen molar-refractivity contribution in [2.45, 2.75) is 25.7 Å². The first-order valence-corrected chi connectivity index (χ1v) is 5.67. The number of benzene rings is 1. The molecule has 0 unspecified atom stereocenters. The standard InChI is InChI=1S/C13H15O4/c1-15-11-8-6-10(7-9-11)13(14)17-16-12-4-2-3-5-12/h6-9H,2-5H2,1H3. The lowest BCUT2D eigenvalue weighted by atomic mass is 10.2. The SMILES string of the molecule is COc1ccc(C(=O)OO[C]2CCCC2)cc1. The van der Waals surface area contributed by atoms with E-state index < -0.39 is 5.97 Å². The first-order valence-electron chi connectivity index (χ1n) is 5.67. The zero-order valence-corrected chi connectivity index (χ0v) is 9.77. The third-order valence-corrected chi connectivity index (χ3v) is 2.72. The van der Waals surface area contributed by atoms with Crippen LogP contribution in [-0.4, -0.2) is 13.1 Å². The van der Waals surface area contributed by atoms with E-state index in [0.717, 1.165) is 31.8 Å². The highest BCUT2D eigenvalue weighted by atomic mass is 17.2. The Morgan fingerprint density at radius 1 is 1.12 bits per heavy atom. The molecule has 0 heterocycles. The summed E-state index contributed by atoms with van der Waals surface area (Å²) >= 11 is 0. The van der Waals surface area contributed by atoms with Crippen molar-refractivity contribution in [2.75, 3.05) is 7.11 Å². The molecule has 91 valence electrons. The third-order valence-electron chi connectivity index (χ3n) is 2.72. The molecule has 4 nitrogen and oxygen atoms in total. The van der Waals surface area contributed by atoms with E-state index in [2.05, 4.69) is 0 Å². The fraction of sp³-hybridized carbons (Fsp3) is 0.385. The van der Waals surface area contributed by atoms with Crippen LogP contribution in [0.25, 0.3) is 0 Å². The Morgan fingerprint density at radius 2 is 1.76 bits per heavy atom. The number of rotatable bonds is 4. The van der Waals surface area contributed by atoms with Crippen molar-refractivity contribution in [3.05, 3.63) is 35.9 Å². The molecule has 1 aromatic carbocycles. The number of carbonyl (C=O) groups excluding carboxylic acids is 1. The summed E-state index contributed by atoms with van der Waals surface area (Å²) in [5.41, 5.74) is 0.449. The fourth-order valence-corrected chi connectivity index (χ4v) is 1.72. The van der Waals surface area contributed by atoms with Gasteiger partial charge in [-0.2, -0.15) is 4.89 Å². The summed E-state index contributed by atoms with van der Waals surface area (Å²) in [6, 6.07) is 6.70. The summed E-state index contributed by atoms with van der Waals surface area (Å²) in [6.07, 6.45) is 4.84. The largest absolute Gasteiger partial charge is 0.497 e. The highest BCUT2D eigenvalue weighted by Gasteiger charge is 2.20. The van der Waals surface area contributed by atoms with Gasteiger partial charge in [-0.15, -0.1) is 0 Å². The highest BCUT2D eigenvalue weighted by molar-refractivity contribution is 5.89. The van der Waals surface area contributed by atoms with Crippen molar-refractivity contribution < 1.29 is 19.3 Å². The number of ether oxygens (including phenoxy) is 1. The Bertz CT molecular complexity index is 366. The van der Waals surface area contributed by atoms with Crippen LogP contribution in [0.2, 0.25) is 0 Å². The molecule has 17 heavy (non-hydrogen) atoms. The molecule has 1 aliphatic rings. The first-order chi connectivity index (χ1) is 8.29. The fourth-order valence-electron chi connectivity index (χ4n) is 1.72. The second-order valence-corrected chi connectivity index (χ2v) is 3.93. The number of methoxy groups -OCH3 is 1. The zero-order chi connectivity index (χ0) is 12.1. The molecule has 0 aliphatic heterocycles. The molecular formula is C13H15O4. The van der Waals surface area contributed by atoms with Crippen LogP contribution < -0.4 is 4.74 Å². The summed E-state index contributed by atoms with van der Waals surface area (Å²) in [6.45, 7) is 0. The molecule has 4 heteroatoms. The molecule has 2 rings (SSSR count). The van der Waals surface area contributed by atoms with E-state index in [9.17, 15) is 4.79 Å². The van der Waals surface area contributed by atoms with Gasteiger partial charge in [0.25, 0.3) is 0 Å². The van der Waals surface area contributed by atoms with E-state index >= 15 is 0 Å². The molecule has 0 bridgehead atoms. The maximum atomic E-state index is 11.6. The minimum Gasteiger partial charge on any atom is -0.497 e. The molecule has 1 radical (unpaired) electrons. The second kappa shape index (κ2) is 5.68.